The Morgan fingerprint density at radius 3 is 2.83 bits per heavy atom. The number of rotatable bonds is 0. The van der Waals surface area contributed by atoms with E-state index in [1.807, 2.05) is 14.0 Å². The van der Waals surface area contributed by atoms with E-state index in [-0.39, 0.29) is 17.6 Å². The minimum Gasteiger partial charge on any atom is -0.467 e. The Hall–Kier alpha value is -3.49. The lowest BCUT2D eigenvalue weighted by Crippen LogP contribution is -2.29. The number of fused-ring (bicyclic) bond motifs is 5. The van der Waals surface area contributed by atoms with Gasteiger partial charge in [-0.3, -0.25) is 9.48 Å². The topological polar surface area (TPSA) is 99.2 Å². The second-order valence-electron chi connectivity index (χ2n) is 7.13. The first-order valence-electron chi connectivity index (χ1n) is 9.13. The van der Waals surface area contributed by atoms with Gasteiger partial charge in [0.1, 0.15) is 11.9 Å². The fourth-order valence-corrected chi connectivity index (χ4v) is 3.61. The maximum Gasteiger partial charge on any atom is 0.258 e. The van der Waals surface area contributed by atoms with Crippen molar-refractivity contribution in [2.45, 2.75) is 26.5 Å². The lowest BCUT2D eigenvalue weighted by Gasteiger charge is -2.24. The molecule has 2 aromatic heterocycles. The highest BCUT2D eigenvalue weighted by Gasteiger charge is 2.26. The maximum atomic E-state index is 14.0. The maximum absolute atomic E-state index is 14.0. The summed E-state index contributed by atoms with van der Waals surface area (Å²) in [5.41, 5.74) is 9.60. The molecule has 0 unspecified atom stereocenters. The number of anilines is 1. The van der Waals surface area contributed by atoms with Crippen LogP contribution in [0.4, 0.5) is 10.2 Å². The van der Waals surface area contributed by atoms with Crippen LogP contribution in [0.25, 0.3) is 11.3 Å². The Bertz CT molecular complexity index is 1130. The van der Waals surface area contributed by atoms with Gasteiger partial charge in [0.2, 0.25) is 0 Å². The van der Waals surface area contributed by atoms with Crippen molar-refractivity contribution in [2.75, 3.05) is 12.8 Å². The molecule has 0 saturated carbocycles. The Balaban J connectivity index is 1.97. The molecule has 150 valence electrons. The Kier molecular flexibility index (Phi) is 4.45. The molecule has 2 bridgehead atoms. The van der Waals surface area contributed by atoms with E-state index in [0.29, 0.717) is 23.4 Å². The van der Waals surface area contributed by atoms with Gasteiger partial charge in [-0.05, 0) is 32.0 Å². The molecule has 1 atom stereocenters. The van der Waals surface area contributed by atoms with Crippen LogP contribution in [-0.2, 0) is 13.6 Å². The van der Waals surface area contributed by atoms with Crippen LogP contribution in [0.2, 0.25) is 0 Å². The monoisotopic (exact) mass is 396 g/mol. The van der Waals surface area contributed by atoms with E-state index in [4.69, 9.17) is 10.5 Å². The van der Waals surface area contributed by atoms with Crippen molar-refractivity contribution < 1.29 is 13.9 Å². The van der Waals surface area contributed by atoms with E-state index in [9.17, 15) is 9.18 Å². The number of nitrogens with two attached hydrogens (primary N) is 1. The lowest BCUT2D eigenvalue weighted by atomic mass is 10.0. The van der Waals surface area contributed by atoms with Crippen molar-refractivity contribution in [3.05, 3.63) is 52.7 Å². The average Bonchev–Trinajstić information content (AvgIpc) is 2.95. The van der Waals surface area contributed by atoms with Gasteiger partial charge in [-0.15, -0.1) is 0 Å². The van der Waals surface area contributed by atoms with Gasteiger partial charge in [-0.25, -0.2) is 14.4 Å². The molecule has 9 heteroatoms. The molecule has 1 amide bonds. The van der Waals surface area contributed by atoms with Gasteiger partial charge in [0, 0.05) is 30.8 Å². The molecule has 0 spiro atoms. The van der Waals surface area contributed by atoms with Crippen molar-refractivity contribution >= 4 is 11.7 Å². The summed E-state index contributed by atoms with van der Waals surface area (Å²) >= 11 is 0. The Morgan fingerprint density at radius 2 is 2.07 bits per heavy atom. The summed E-state index contributed by atoms with van der Waals surface area (Å²) in [4.78, 5) is 23.5. The van der Waals surface area contributed by atoms with Gasteiger partial charge in [0.15, 0.2) is 5.82 Å². The first-order valence-corrected chi connectivity index (χ1v) is 9.13. The predicted octanol–water partition coefficient (Wildman–Crippen LogP) is 2.63. The quantitative estimate of drug-likeness (QED) is 0.627. The molecular formula is C20H21FN6O2. The van der Waals surface area contributed by atoms with Crippen molar-refractivity contribution in [3.8, 4) is 17.1 Å². The third-order valence-electron chi connectivity index (χ3n) is 5.07. The number of hydrogen-bond donors (Lipinski definition) is 1. The molecule has 3 aromatic rings. The molecule has 0 radical (unpaired) electrons. The van der Waals surface area contributed by atoms with Crippen LogP contribution in [0.1, 0.15) is 40.3 Å². The normalized spacial score (nSPS) is 16.4. The summed E-state index contributed by atoms with van der Waals surface area (Å²) in [7, 11) is 3.50. The van der Waals surface area contributed by atoms with Crippen LogP contribution < -0.4 is 10.5 Å². The molecule has 1 aromatic carbocycles. The predicted molar refractivity (Wildman–Crippen MR) is 105 cm³/mol. The average molecular weight is 396 g/mol. The number of aromatic nitrogens is 4. The molecule has 8 nitrogen and oxygen atoms in total. The third-order valence-corrected chi connectivity index (χ3v) is 5.07. The van der Waals surface area contributed by atoms with Crippen LogP contribution in [0.15, 0.2) is 24.4 Å². The third kappa shape index (κ3) is 3.18. The van der Waals surface area contributed by atoms with Crippen molar-refractivity contribution in [1.82, 2.24) is 24.6 Å². The molecular weight excluding hydrogens is 375 g/mol. The highest BCUT2D eigenvalue weighted by Crippen LogP contribution is 2.33. The highest BCUT2D eigenvalue weighted by atomic mass is 19.1. The number of nitrogens with zero attached hydrogens (tertiary/aromatic N) is 5. The number of halogens is 1. The van der Waals surface area contributed by atoms with Gasteiger partial charge >= 0.3 is 0 Å². The summed E-state index contributed by atoms with van der Waals surface area (Å²) in [5, 5.41) is 4.48. The standard InChI is InChI=1S/C20H21FN6O2/c1-10-17-15-8-23-18(22)19(24-15)29-11(2)14-7-12(21)5-6-13(14)20(28)26(3)9-16(17)27(4)25-10/h5-8,11H,9H2,1-4H3,(H2,22,23)/t11-/m0/s1. The molecule has 1 aliphatic rings. The SMILES string of the molecule is Cc1nn(C)c2c1-c1cnc(N)c(n1)O[C@@H](C)c1cc(F)ccc1C(=O)N(C)C2. The van der Waals surface area contributed by atoms with Gasteiger partial charge in [-0.2, -0.15) is 5.10 Å². The number of hydrogen-bond acceptors (Lipinski definition) is 6. The molecule has 2 N–H and O–H groups in total. The molecule has 1 aliphatic heterocycles. The number of ether oxygens (including phenoxy) is 1. The van der Waals surface area contributed by atoms with Crippen LogP contribution in [-0.4, -0.2) is 37.6 Å². The zero-order chi connectivity index (χ0) is 20.9. The Morgan fingerprint density at radius 1 is 1.31 bits per heavy atom. The van der Waals surface area contributed by atoms with Gasteiger partial charge in [-0.1, -0.05) is 0 Å². The minimum absolute atomic E-state index is 0.113. The van der Waals surface area contributed by atoms with Crippen LogP contribution in [0, 0.1) is 12.7 Å². The van der Waals surface area contributed by atoms with Crippen molar-refractivity contribution in [3.63, 3.8) is 0 Å². The Labute approximate surface area is 167 Å². The van der Waals surface area contributed by atoms with Gasteiger partial charge in [0.25, 0.3) is 11.8 Å². The smallest absolute Gasteiger partial charge is 0.258 e. The van der Waals surface area contributed by atoms with Gasteiger partial charge in [0.05, 0.1) is 29.8 Å². The molecule has 3 heterocycles. The first-order chi connectivity index (χ1) is 13.8. The summed E-state index contributed by atoms with van der Waals surface area (Å²) in [6, 6.07) is 4.03. The molecule has 0 aliphatic carbocycles. The zero-order valence-electron chi connectivity index (χ0n) is 16.6. The summed E-state index contributed by atoms with van der Waals surface area (Å²) in [6.07, 6.45) is 0.889. The van der Waals surface area contributed by atoms with E-state index in [2.05, 4.69) is 15.1 Å². The van der Waals surface area contributed by atoms with E-state index in [1.165, 1.54) is 18.2 Å². The van der Waals surface area contributed by atoms with Crippen molar-refractivity contribution in [1.29, 1.82) is 0 Å². The number of benzene rings is 1. The molecule has 0 saturated heterocycles. The summed E-state index contributed by atoms with van der Waals surface area (Å²) in [6.45, 7) is 3.87. The summed E-state index contributed by atoms with van der Waals surface area (Å²) in [5.74, 6) is -0.467. The minimum atomic E-state index is -0.668. The van der Waals surface area contributed by atoms with E-state index < -0.39 is 11.9 Å². The number of nitrogen functional groups attached to an aromatic ring is 1. The van der Waals surface area contributed by atoms with E-state index >= 15 is 0 Å². The van der Waals surface area contributed by atoms with Gasteiger partial charge < -0.3 is 15.4 Å². The number of amides is 1. The fraction of sp³-hybridized carbons (Fsp3) is 0.300. The molecule has 4 rings (SSSR count). The number of carbonyl (C=O) groups excluding carboxylic acids is 1. The van der Waals surface area contributed by atoms with E-state index in [1.54, 1.807) is 29.7 Å². The van der Waals surface area contributed by atoms with Crippen molar-refractivity contribution in [2.24, 2.45) is 7.05 Å². The molecule has 0 fully saturated rings. The first kappa shape index (κ1) is 18.9. The van der Waals surface area contributed by atoms with E-state index in [0.717, 1.165) is 17.0 Å². The van der Waals surface area contributed by atoms with Crippen LogP contribution in [0.3, 0.4) is 0 Å². The fourth-order valence-electron chi connectivity index (χ4n) is 3.61. The largest absolute Gasteiger partial charge is 0.467 e. The summed E-state index contributed by atoms with van der Waals surface area (Å²) < 4.78 is 21.6. The molecule has 29 heavy (non-hydrogen) atoms. The lowest BCUT2D eigenvalue weighted by molar-refractivity contribution is 0.0776. The number of carbonyl (C=O) groups is 1. The van der Waals surface area contributed by atoms with Crippen LogP contribution in [0.5, 0.6) is 5.88 Å². The number of aryl methyl sites for hydroxylation is 2. The highest BCUT2D eigenvalue weighted by molar-refractivity contribution is 5.95. The second kappa shape index (κ2) is 6.84. The zero-order valence-corrected chi connectivity index (χ0v) is 16.6. The van der Waals surface area contributed by atoms with Crippen LogP contribution >= 0.6 is 0 Å². The second-order valence-corrected chi connectivity index (χ2v) is 7.13.